The molecule has 0 aliphatic carbocycles. The molecular formula is C15H15F3N2O. The van der Waals surface area contributed by atoms with Crippen LogP contribution in [0.4, 0.5) is 13.2 Å². The Hall–Kier alpha value is -1.92. The third-order valence-corrected chi connectivity index (χ3v) is 3.35. The lowest BCUT2D eigenvalue weighted by Crippen LogP contribution is -2.22. The Kier molecular flexibility index (Phi) is 4.59. The van der Waals surface area contributed by atoms with Crippen LogP contribution in [0.25, 0.3) is 0 Å². The molecule has 1 aromatic heterocycles. The predicted octanol–water partition coefficient (Wildman–Crippen LogP) is 2.88. The van der Waals surface area contributed by atoms with Gasteiger partial charge in [0.2, 0.25) is 0 Å². The van der Waals surface area contributed by atoms with Crippen molar-refractivity contribution in [3.05, 3.63) is 65.5 Å². The lowest BCUT2D eigenvalue weighted by Gasteiger charge is -2.24. The van der Waals surface area contributed by atoms with Crippen LogP contribution in [-0.2, 0) is 6.18 Å². The van der Waals surface area contributed by atoms with Gasteiger partial charge in [0.25, 0.3) is 0 Å². The number of aromatic nitrogens is 1. The van der Waals surface area contributed by atoms with Crippen molar-refractivity contribution in [2.45, 2.75) is 18.2 Å². The van der Waals surface area contributed by atoms with Gasteiger partial charge in [0.1, 0.15) is 0 Å². The fourth-order valence-electron chi connectivity index (χ4n) is 2.29. The molecule has 6 heteroatoms. The maximum absolute atomic E-state index is 13.0. The van der Waals surface area contributed by atoms with E-state index in [9.17, 15) is 18.3 Å². The lowest BCUT2D eigenvalue weighted by molar-refractivity contribution is -0.139. The molecule has 0 amide bonds. The minimum absolute atomic E-state index is 0.0252. The standard InChI is InChI=1S/C15H15F3N2O/c16-15(17,18)13-4-2-1-3-11(13)14(21)12(9-19)10-5-7-20-8-6-10/h1-8,12,14,21H,9,19H2. The number of rotatable bonds is 4. The predicted molar refractivity (Wildman–Crippen MR) is 72.4 cm³/mol. The third kappa shape index (κ3) is 3.40. The SMILES string of the molecule is NCC(c1ccncc1)C(O)c1ccccc1C(F)(F)F. The second-order valence-electron chi connectivity index (χ2n) is 4.65. The van der Waals surface area contributed by atoms with E-state index in [1.54, 1.807) is 12.1 Å². The molecule has 0 spiro atoms. The van der Waals surface area contributed by atoms with Crippen molar-refractivity contribution >= 4 is 0 Å². The summed E-state index contributed by atoms with van der Waals surface area (Å²) in [5.41, 5.74) is 5.28. The van der Waals surface area contributed by atoms with Gasteiger partial charge in [-0.25, -0.2) is 0 Å². The molecule has 1 heterocycles. The Morgan fingerprint density at radius 3 is 2.29 bits per heavy atom. The van der Waals surface area contributed by atoms with Crippen molar-refractivity contribution in [3.63, 3.8) is 0 Å². The Morgan fingerprint density at radius 1 is 1.10 bits per heavy atom. The second kappa shape index (κ2) is 6.24. The van der Waals surface area contributed by atoms with E-state index in [1.165, 1.54) is 30.6 Å². The van der Waals surface area contributed by atoms with Crippen molar-refractivity contribution in [2.75, 3.05) is 6.54 Å². The van der Waals surface area contributed by atoms with Gasteiger partial charge in [-0.3, -0.25) is 4.98 Å². The molecule has 112 valence electrons. The van der Waals surface area contributed by atoms with Crippen LogP contribution in [0, 0.1) is 0 Å². The molecule has 2 rings (SSSR count). The van der Waals surface area contributed by atoms with Crippen LogP contribution >= 0.6 is 0 Å². The first-order valence-electron chi connectivity index (χ1n) is 6.39. The fraction of sp³-hybridized carbons (Fsp3) is 0.267. The summed E-state index contributed by atoms with van der Waals surface area (Å²) in [6.45, 7) is 0.0252. The summed E-state index contributed by atoms with van der Waals surface area (Å²) in [5.74, 6) is -0.628. The Bertz CT molecular complexity index is 587. The van der Waals surface area contributed by atoms with E-state index in [0.717, 1.165) is 6.07 Å². The molecule has 0 bridgehead atoms. The summed E-state index contributed by atoms with van der Waals surface area (Å²) in [5, 5.41) is 10.4. The van der Waals surface area contributed by atoms with Crippen LogP contribution in [-0.4, -0.2) is 16.6 Å². The third-order valence-electron chi connectivity index (χ3n) is 3.35. The molecule has 0 radical (unpaired) electrons. The number of nitrogens with two attached hydrogens (primary N) is 1. The van der Waals surface area contributed by atoms with E-state index in [2.05, 4.69) is 4.98 Å². The highest BCUT2D eigenvalue weighted by Crippen LogP contribution is 2.38. The van der Waals surface area contributed by atoms with Gasteiger partial charge in [0.05, 0.1) is 11.7 Å². The minimum atomic E-state index is -4.52. The van der Waals surface area contributed by atoms with Gasteiger partial charge in [-0.2, -0.15) is 13.2 Å². The average Bonchev–Trinajstić information content (AvgIpc) is 2.48. The molecule has 3 nitrogen and oxygen atoms in total. The van der Waals surface area contributed by atoms with Crippen LogP contribution in [0.5, 0.6) is 0 Å². The number of alkyl halides is 3. The van der Waals surface area contributed by atoms with Crippen LogP contribution in [0.3, 0.4) is 0 Å². The maximum atomic E-state index is 13.0. The average molecular weight is 296 g/mol. The Balaban J connectivity index is 2.42. The number of aliphatic hydroxyl groups excluding tert-OH is 1. The maximum Gasteiger partial charge on any atom is 0.416 e. The Labute approximate surface area is 120 Å². The zero-order valence-corrected chi connectivity index (χ0v) is 11.1. The van der Waals surface area contributed by atoms with E-state index in [1.807, 2.05) is 0 Å². The monoisotopic (exact) mass is 296 g/mol. The molecule has 0 saturated carbocycles. The molecule has 0 saturated heterocycles. The van der Waals surface area contributed by atoms with E-state index in [4.69, 9.17) is 5.73 Å². The molecule has 0 aliphatic heterocycles. The van der Waals surface area contributed by atoms with Gasteiger partial charge >= 0.3 is 6.18 Å². The van der Waals surface area contributed by atoms with Crippen LogP contribution in [0.2, 0.25) is 0 Å². The van der Waals surface area contributed by atoms with Crippen LogP contribution in [0.1, 0.15) is 28.7 Å². The zero-order chi connectivity index (χ0) is 15.5. The highest BCUT2D eigenvalue weighted by atomic mass is 19.4. The number of nitrogens with zero attached hydrogens (tertiary/aromatic N) is 1. The first-order valence-corrected chi connectivity index (χ1v) is 6.39. The summed E-state index contributed by atoms with van der Waals surface area (Å²) in [4.78, 5) is 3.85. The molecule has 3 N–H and O–H groups in total. The smallest absolute Gasteiger partial charge is 0.388 e. The highest BCUT2D eigenvalue weighted by Gasteiger charge is 2.36. The first-order chi connectivity index (χ1) is 9.95. The minimum Gasteiger partial charge on any atom is -0.388 e. The summed E-state index contributed by atoms with van der Waals surface area (Å²) in [6, 6.07) is 8.26. The summed E-state index contributed by atoms with van der Waals surface area (Å²) < 4.78 is 39.1. The van der Waals surface area contributed by atoms with Crippen molar-refractivity contribution in [3.8, 4) is 0 Å². The van der Waals surface area contributed by atoms with E-state index >= 15 is 0 Å². The van der Waals surface area contributed by atoms with E-state index in [-0.39, 0.29) is 12.1 Å². The Morgan fingerprint density at radius 2 is 1.71 bits per heavy atom. The molecule has 2 atom stereocenters. The van der Waals surface area contributed by atoms with Crippen LogP contribution < -0.4 is 5.73 Å². The molecule has 1 aromatic carbocycles. The van der Waals surface area contributed by atoms with Crippen molar-refractivity contribution < 1.29 is 18.3 Å². The molecule has 21 heavy (non-hydrogen) atoms. The first kappa shape index (κ1) is 15.5. The van der Waals surface area contributed by atoms with Gasteiger partial charge in [0.15, 0.2) is 0 Å². The second-order valence-corrected chi connectivity index (χ2v) is 4.65. The van der Waals surface area contributed by atoms with Gasteiger partial charge in [-0.1, -0.05) is 18.2 Å². The molecular weight excluding hydrogens is 281 g/mol. The summed E-state index contributed by atoms with van der Waals surface area (Å²) in [7, 11) is 0. The number of halogens is 3. The number of pyridine rings is 1. The normalized spacial score (nSPS) is 14.7. The van der Waals surface area contributed by atoms with Gasteiger partial charge < -0.3 is 10.8 Å². The lowest BCUT2D eigenvalue weighted by atomic mass is 9.87. The van der Waals surface area contributed by atoms with Gasteiger partial charge in [-0.15, -0.1) is 0 Å². The van der Waals surface area contributed by atoms with Crippen molar-refractivity contribution in [1.29, 1.82) is 0 Å². The van der Waals surface area contributed by atoms with Gasteiger partial charge in [0, 0.05) is 24.9 Å². The number of hydrogen-bond acceptors (Lipinski definition) is 3. The number of benzene rings is 1. The van der Waals surface area contributed by atoms with Crippen molar-refractivity contribution in [1.82, 2.24) is 4.98 Å². The quantitative estimate of drug-likeness (QED) is 0.912. The molecule has 0 aliphatic rings. The molecule has 2 unspecified atom stereocenters. The molecule has 2 aromatic rings. The van der Waals surface area contributed by atoms with Crippen molar-refractivity contribution in [2.24, 2.45) is 5.73 Å². The largest absolute Gasteiger partial charge is 0.416 e. The fourth-order valence-corrected chi connectivity index (χ4v) is 2.29. The molecule has 0 fully saturated rings. The number of aliphatic hydroxyl groups is 1. The van der Waals surface area contributed by atoms with E-state index in [0.29, 0.717) is 5.56 Å². The zero-order valence-electron chi connectivity index (χ0n) is 11.1. The summed E-state index contributed by atoms with van der Waals surface area (Å²) >= 11 is 0. The summed E-state index contributed by atoms with van der Waals surface area (Å²) in [6.07, 6.45) is -2.83. The highest BCUT2D eigenvalue weighted by molar-refractivity contribution is 5.34. The number of hydrogen-bond donors (Lipinski definition) is 2. The topological polar surface area (TPSA) is 59.1 Å². The van der Waals surface area contributed by atoms with Gasteiger partial charge in [-0.05, 0) is 29.3 Å². The van der Waals surface area contributed by atoms with Crippen LogP contribution in [0.15, 0.2) is 48.8 Å². The van der Waals surface area contributed by atoms with E-state index < -0.39 is 23.8 Å².